The van der Waals surface area contributed by atoms with E-state index in [2.05, 4.69) is 49.4 Å². The molecule has 0 fully saturated rings. The molecule has 2 aromatic carbocycles. The number of nitrogens with two attached hydrogens (primary N) is 1. The normalized spacial score (nSPS) is 21.6. The van der Waals surface area contributed by atoms with Gasteiger partial charge in [0, 0.05) is 17.0 Å². The first-order chi connectivity index (χ1) is 9.70. The van der Waals surface area contributed by atoms with Crippen LogP contribution in [0.25, 0.3) is 0 Å². The number of rotatable bonds is 2. The largest absolute Gasteiger partial charge is 0.324 e. The van der Waals surface area contributed by atoms with Gasteiger partial charge in [-0.2, -0.15) is 0 Å². The Morgan fingerprint density at radius 3 is 2.55 bits per heavy atom. The van der Waals surface area contributed by atoms with E-state index >= 15 is 0 Å². The van der Waals surface area contributed by atoms with Crippen LogP contribution in [0.2, 0.25) is 5.02 Å². The fourth-order valence-corrected chi connectivity index (χ4v) is 3.56. The van der Waals surface area contributed by atoms with Gasteiger partial charge in [-0.3, -0.25) is 0 Å². The molecule has 0 saturated heterocycles. The Bertz CT molecular complexity index is 621. The number of hydrogen-bond donors (Lipinski definition) is 1. The Labute approximate surface area is 125 Å². The SMILES string of the molecule is CCc1ccc([C@@H]2CC[C@@H](N)c3ccccc32)cc1Cl. The average Bonchev–Trinajstić information content (AvgIpc) is 2.48. The molecule has 3 rings (SSSR count). The number of fused-ring (bicyclic) bond motifs is 1. The Morgan fingerprint density at radius 2 is 1.85 bits per heavy atom. The van der Waals surface area contributed by atoms with E-state index in [0.717, 1.165) is 24.3 Å². The van der Waals surface area contributed by atoms with Gasteiger partial charge in [-0.15, -0.1) is 0 Å². The molecule has 0 saturated carbocycles. The maximum absolute atomic E-state index is 6.38. The maximum atomic E-state index is 6.38. The van der Waals surface area contributed by atoms with Crippen LogP contribution in [0.4, 0.5) is 0 Å². The van der Waals surface area contributed by atoms with Crippen molar-refractivity contribution in [2.75, 3.05) is 0 Å². The summed E-state index contributed by atoms with van der Waals surface area (Å²) >= 11 is 6.38. The Hall–Kier alpha value is -1.31. The summed E-state index contributed by atoms with van der Waals surface area (Å²) in [5, 5.41) is 0.886. The minimum atomic E-state index is 0.174. The summed E-state index contributed by atoms with van der Waals surface area (Å²) in [4.78, 5) is 0. The van der Waals surface area contributed by atoms with E-state index in [1.807, 2.05) is 0 Å². The van der Waals surface area contributed by atoms with E-state index in [4.69, 9.17) is 17.3 Å². The summed E-state index contributed by atoms with van der Waals surface area (Å²) in [6.07, 6.45) is 3.11. The maximum Gasteiger partial charge on any atom is 0.0440 e. The van der Waals surface area contributed by atoms with Crippen molar-refractivity contribution in [3.63, 3.8) is 0 Å². The third-order valence-electron chi connectivity index (χ3n) is 4.40. The molecule has 2 atom stereocenters. The highest BCUT2D eigenvalue weighted by molar-refractivity contribution is 6.31. The van der Waals surface area contributed by atoms with Crippen LogP contribution in [0, 0.1) is 0 Å². The second-order valence-electron chi connectivity index (χ2n) is 5.57. The van der Waals surface area contributed by atoms with Crippen molar-refractivity contribution in [1.82, 2.24) is 0 Å². The second-order valence-corrected chi connectivity index (χ2v) is 5.98. The van der Waals surface area contributed by atoms with Crippen molar-refractivity contribution in [2.24, 2.45) is 5.73 Å². The summed E-state index contributed by atoms with van der Waals surface area (Å²) in [6.45, 7) is 2.13. The molecule has 0 aliphatic heterocycles. The van der Waals surface area contributed by atoms with E-state index in [9.17, 15) is 0 Å². The summed E-state index contributed by atoms with van der Waals surface area (Å²) in [5.74, 6) is 0.425. The minimum absolute atomic E-state index is 0.174. The molecule has 0 radical (unpaired) electrons. The highest BCUT2D eigenvalue weighted by atomic mass is 35.5. The summed E-state index contributed by atoms with van der Waals surface area (Å²) in [7, 11) is 0. The van der Waals surface area contributed by atoms with Crippen molar-refractivity contribution < 1.29 is 0 Å². The Kier molecular flexibility index (Phi) is 3.82. The molecule has 20 heavy (non-hydrogen) atoms. The lowest BCUT2D eigenvalue weighted by atomic mass is 9.77. The molecule has 0 heterocycles. The van der Waals surface area contributed by atoms with Crippen molar-refractivity contribution >= 4 is 11.6 Å². The first-order valence-corrected chi connectivity index (χ1v) is 7.71. The molecule has 0 unspecified atom stereocenters. The Balaban J connectivity index is 2.03. The van der Waals surface area contributed by atoms with Crippen molar-refractivity contribution in [1.29, 1.82) is 0 Å². The summed E-state index contributed by atoms with van der Waals surface area (Å²) in [5.41, 5.74) is 11.4. The van der Waals surface area contributed by atoms with Crippen LogP contribution >= 0.6 is 11.6 Å². The zero-order chi connectivity index (χ0) is 14.1. The molecule has 0 aromatic heterocycles. The number of benzene rings is 2. The first-order valence-electron chi connectivity index (χ1n) is 7.33. The molecule has 104 valence electrons. The fraction of sp³-hybridized carbons (Fsp3) is 0.333. The average molecular weight is 286 g/mol. The predicted molar refractivity (Wildman–Crippen MR) is 85.3 cm³/mol. The van der Waals surface area contributed by atoms with E-state index in [0.29, 0.717) is 5.92 Å². The molecule has 2 heteroatoms. The van der Waals surface area contributed by atoms with Gasteiger partial charge in [0.1, 0.15) is 0 Å². The third kappa shape index (κ3) is 2.36. The van der Waals surface area contributed by atoms with Crippen molar-refractivity contribution in [3.05, 3.63) is 69.7 Å². The second kappa shape index (κ2) is 5.59. The number of hydrogen-bond acceptors (Lipinski definition) is 1. The van der Waals surface area contributed by atoms with E-state index < -0.39 is 0 Å². The first kappa shape index (κ1) is 13.7. The quantitative estimate of drug-likeness (QED) is 0.840. The molecule has 1 aliphatic carbocycles. The monoisotopic (exact) mass is 285 g/mol. The topological polar surface area (TPSA) is 26.0 Å². The molecule has 0 bridgehead atoms. The van der Waals surface area contributed by atoms with E-state index in [1.54, 1.807) is 0 Å². The molecule has 1 aliphatic rings. The molecular formula is C18H20ClN. The molecule has 2 aromatic rings. The van der Waals surface area contributed by atoms with Gasteiger partial charge in [0.2, 0.25) is 0 Å². The van der Waals surface area contributed by atoms with E-state index in [1.165, 1.54) is 22.3 Å². The van der Waals surface area contributed by atoms with Gasteiger partial charge in [0.15, 0.2) is 0 Å². The van der Waals surface area contributed by atoms with Crippen LogP contribution in [0.3, 0.4) is 0 Å². The standard InChI is InChI=1S/C18H20ClN/c1-2-12-7-8-13(11-17(12)19)14-9-10-18(20)16-6-4-3-5-15(14)16/h3-8,11,14,18H,2,9-10,20H2,1H3/t14-,18+/m0/s1. The van der Waals surface area contributed by atoms with Gasteiger partial charge in [-0.05, 0) is 47.6 Å². The van der Waals surface area contributed by atoms with Gasteiger partial charge in [0.05, 0.1) is 0 Å². The highest BCUT2D eigenvalue weighted by Gasteiger charge is 2.26. The predicted octanol–water partition coefficient (Wildman–Crippen LogP) is 4.83. The van der Waals surface area contributed by atoms with E-state index in [-0.39, 0.29) is 6.04 Å². The molecule has 1 nitrogen and oxygen atoms in total. The van der Waals surface area contributed by atoms with Gasteiger partial charge in [0.25, 0.3) is 0 Å². The molecule has 0 spiro atoms. The lowest BCUT2D eigenvalue weighted by molar-refractivity contribution is 0.530. The molecular weight excluding hydrogens is 266 g/mol. The van der Waals surface area contributed by atoms with Gasteiger partial charge < -0.3 is 5.73 Å². The highest BCUT2D eigenvalue weighted by Crippen LogP contribution is 2.40. The minimum Gasteiger partial charge on any atom is -0.324 e. The van der Waals surface area contributed by atoms with Crippen LogP contribution in [-0.4, -0.2) is 0 Å². The van der Waals surface area contributed by atoms with Crippen LogP contribution in [-0.2, 0) is 6.42 Å². The lowest BCUT2D eigenvalue weighted by Crippen LogP contribution is -2.21. The fourth-order valence-electron chi connectivity index (χ4n) is 3.24. The van der Waals surface area contributed by atoms with Crippen LogP contribution in [0.1, 0.15) is 54.0 Å². The summed E-state index contributed by atoms with van der Waals surface area (Å²) < 4.78 is 0. The van der Waals surface area contributed by atoms with Gasteiger partial charge in [-0.25, -0.2) is 0 Å². The van der Waals surface area contributed by atoms with Crippen LogP contribution < -0.4 is 5.73 Å². The van der Waals surface area contributed by atoms with Crippen molar-refractivity contribution in [3.8, 4) is 0 Å². The molecule has 2 N–H and O–H groups in total. The zero-order valence-electron chi connectivity index (χ0n) is 11.8. The lowest BCUT2D eigenvalue weighted by Gasteiger charge is -2.30. The third-order valence-corrected chi connectivity index (χ3v) is 4.75. The van der Waals surface area contributed by atoms with Crippen LogP contribution in [0.15, 0.2) is 42.5 Å². The van der Waals surface area contributed by atoms with Gasteiger partial charge >= 0.3 is 0 Å². The summed E-state index contributed by atoms with van der Waals surface area (Å²) in [6, 6.07) is 15.2. The molecule has 0 amide bonds. The van der Waals surface area contributed by atoms with Gasteiger partial charge in [-0.1, -0.05) is 54.9 Å². The Morgan fingerprint density at radius 1 is 1.10 bits per heavy atom. The smallest absolute Gasteiger partial charge is 0.0440 e. The number of aryl methyl sites for hydroxylation is 1. The van der Waals surface area contributed by atoms with Crippen molar-refractivity contribution in [2.45, 2.75) is 38.1 Å². The van der Waals surface area contributed by atoms with Crippen LogP contribution in [0.5, 0.6) is 0 Å². The zero-order valence-corrected chi connectivity index (χ0v) is 12.5. The number of halogens is 1.